The number of likely N-dealkylation sites (N-methyl/N-ethyl adjacent to an activating group) is 1. The number of primary amides is 1. The average Bonchev–Trinajstić information content (AvgIpc) is 3.29. The summed E-state index contributed by atoms with van der Waals surface area (Å²) in [5.74, 6) is -2.74. The lowest BCUT2D eigenvalue weighted by atomic mass is 10.0. The molecule has 3 rings (SSSR count). The van der Waals surface area contributed by atoms with E-state index in [1.54, 1.807) is 12.2 Å². The monoisotopic (exact) mass is 553 g/mol. The molecule has 1 aromatic heterocycles. The highest BCUT2D eigenvalue weighted by molar-refractivity contribution is 8.00. The number of allylic oxidation sites excluding steroid dienone is 1. The number of anilines is 1. The number of aliphatic carboxylic acids is 1. The molecule has 0 bridgehead atoms. The highest BCUT2D eigenvalue weighted by atomic mass is 32.2. The number of hydrogen-bond acceptors (Lipinski definition) is 11. The molecular weight excluding hydrogens is 524 g/mol. The number of carbonyl (C=O) groups is 4. The van der Waals surface area contributed by atoms with E-state index in [-0.39, 0.29) is 28.9 Å². The highest BCUT2D eigenvalue weighted by Gasteiger charge is 2.54. The predicted molar refractivity (Wildman–Crippen MR) is 137 cm³/mol. The van der Waals surface area contributed by atoms with Crippen molar-refractivity contribution in [2.75, 3.05) is 44.8 Å². The molecule has 3 amide bonds. The summed E-state index contributed by atoms with van der Waals surface area (Å²) in [6.45, 7) is 5.91. The van der Waals surface area contributed by atoms with Gasteiger partial charge < -0.3 is 31.2 Å². The number of nitrogens with zero attached hydrogens (tertiary/aromatic N) is 5. The van der Waals surface area contributed by atoms with Crippen molar-refractivity contribution in [2.24, 2.45) is 10.9 Å². The Kier molecular flexibility index (Phi) is 8.88. The minimum absolute atomic E-state index is 0.0507. The number of carbonyl (C=O) groups excluding carboxylic acids is 3. The van der Waals surface area contributed by atoms with Crippen LogP contribution in [0.15, 0.2) is 28.6 Å². The number of amides is 3. The maximum absolute atomic E-state index is 13.0. The van der Waals surface area contributed by atoms with Crippen molar-refractivity contribution in [1.29, 1.82) is 0 Å². The number of oxime groups is 1. The Morgan fingerprint density at radius 2 is 2.05 bits per heavy atom. The number of quaternary nitrogens is 1. The maximum atomic E-state index is 13.0. The molecule has 2 aliphatic heterocycles. The average molecular weight is 554 g/mol. The minimum atomic E-state index is -1.25. The van der Waals surface area contributed by atoms with E-state index in [0.29, 0.717) is 35.4 Å². The third-order valence-corrected chi connectivity index (χ3v) is 8.03. The van der Waals surface area contributed by atoms with Crippen molar-refractivity contribution in [2.45, 2.75) is 25.3 Å². The molecule has 200 valence electrons. The molecule has 2 atom stereocenters. The number of carboxylic acid groups (broad SMARTS) is 1. The number of thioether (sulfide) groups is 1. The second-order valence-corrected chi connectivity index (χ2v) is 10.2. The number of aromatic nitrogens is 2. The van der Waals surface area contributed by atoms with Crippen molar-refractivity contribution >= 4 is 57.8 Å². The number of nitrogens with two attached hydrogens (primary N) is 2. The molecule has 0 radical (unpaired) electrons. The smallest absolute Gasteiger partial charge is 0.352 e. The van der Waals surface area contributed by atoms with E-state index in [1.807, 2.05) is 13.8 Å². The van der Waals surface area contributed by atoms with Crippen LogP contribution in [0.4, 0.5) is 5.13 Å². The quantitative estimate of drug-likeness (QED) is 0.109. The molecule has 0 spiro atoms. The molecule has 3 heterocycles. The zero-order chi connectivity index (χ0) is 27.3. The lowest BCUT2D eigenvalue weighted by Crippen LogP contribution is -2.71. The summed E-state index contributed by atoms with van der Waals surface area (Å²) >= 11 is 2.19. The van der Waals surface area contributed by atoms with E-state index in [9.17, 15) is 24.3 Å². The second-order valence-electron chi connectivity index (χ2n) is 8.30. The summed E-state index contributed by atoms with van der Waals surface area (Å²) < 4.78 is 4.37. The van der Waals surface area contributed by atoms with Gasteiger partial charge in [-0.25, -0.2) is 4.79 Å². The number of rotatable bonds is 12. The fourth-order valence-corrected chi connectivity index (χ4v) is 5.86. The van der Waals surface area contributed by atoms with Crippen molar-refractivity contribution in [3.8, 4) is 0 Å². The number of hydrogen-bond donors (Lipinski definition) is 4. The van der Waals surface area contributed by atoms with Gasteiger partial charge in [0.1, 0.15) is 24.2 Å². The number of β-lactam (4-membered cyclic amide) rings is 1. The van der Waals surface area contributed by atoms with Crippen LogP contribution < -0.4 is 16.8 Å². The molecular formula is C21H29N8O6S2+. The fourth-order valence-electron chi connectivity index (χ4n) is 4.11. The first kappa shape index (κ1) is 28.1. The largest absolute Gasteiger partial charge is 0.477 e. The molecule has 1 saturated heterocycles. The predicted octanol–water partition coefficient (Wildman–Crippen LogP) is -0.892. The fraction of sp³-hybridized carbons (Fsp3) is 0.476. The van der Waals surface area contributed by atoms with Gasteiger partial charge in [0, 0.05) is 17.3 Å². The number of nitrogens with one attached hydrogen (secondary N) is 1. The van der Waals surface area contributed by atoms with Gasteiger partial charge in [-0.15, -0.1) is 11.8 Å². The van der Waals surface area contributed by atoms with Crippen LogP contribution in [0.5, 0.6) is 0 Å². The Morgan fingerprint density at radius 1 is 1.35 bits per heavy atom. The summed E-state index contributed by atoms with van der Waals surface area (Å²) in [6, 6.07) is -0.976. The van der Waals surface area contributed by atoms with Crippen LogP contribution >= 0.6 is 23.3 Å². The van der Waals surface area contributed by atoms with Crippen LogP contribution in [-0.2, 0) is 24.0 Å². The van der Waals surface area contributed by atoms with Crippen LogP contribution in [0.2, 0.25) is 0 Å². The summed E-state index contributed by atoms with van der Waals surface area (Å²) in [5, 5.41) is 15.6. The zero-order valence-corrected chi connectivity index (χ0v) is 22.2. The maximum Gasteiger partial charge on any atom is 0.352 e. The van der Waals surface area contributed by atoms with Crippen molar-refractivity contribution in [3.63, 3.8) is 0 Å². The van der Waals surface area contributed by atoms with Gasteiger partial charge in [0.25, 0.3) is 17.7 Å². The highest BCUT2D eigenvalue weighted by Crippen LogP contribution is 2.40. The van der Waals surface area contributed by atoms with Gasteiger partial charge in [-0.2, -0.15) is 9.36 Å². The van der Waals surface area contributed by atoms with Gasteiger partial charge in [0.15, 0.2) is 11.7 Å². The Bertz CT molecular complexity index is 1180. The lowest BCUT2D eigenvalue weighted by molar-refractivity contribution is -0.911. The van der Waals surface area contributed by atoms with E-state index in [0.717, 1.165) is 11.5 Å². The molecule has 1 fully saturated rings. The second kappa shape index (κ2) is 11.7. The van der Waals surface area contributed by atoms with Gasteiger partial charge in [0.2, 0.25) is 11.5 Å². The summed E-state index contributed by atoms with van der Waals surface area (Å²) in [7, 11) is 1.24. The van der Waals surface area contributed by atoms with Crippen LogP contribution in [0.25, 0.3) is 0 Å². The van der Waals surface area contributed by atoms with Gasteiger partial charge in [-0.05, 0) is 25.5 Å². The van der Waals surface area contributed by atoms with Gasteiger partial charge in [-0.3, -0.25) is 19.3 Å². The first-order chi connectivity index (χ1) is 17.6. The van der Waals surface area contributed by atoms with Gasteiger partial charge >= 0.3 is 5.97 Å². The van der Waals surface area contributed by atoms with E-state index >= 15 is 0 Å². The van der Waals surface area contributed by atoms with E-state index in [4.69, 9.17) is 16.3 Å². The van der Waals surface area contributed by atoms with Crippen molar-refractivity contribution in [3.05, 3.63) is 29.2 Å². The van der Waals surface area contributed by atoms with Crippen molar-refractivity contribution in [1.82, 2.24) is 19.6 Å². The van der Waals surface area contributed by atoms with Gasteiger partial charge in [0.05, 0.1) is 19.6 Å². The minimum Gasteiger partial charge on any atom is -0.477 e. The Balaban J connectivity index is 1.77. The molecule has 0 saturated carbocycles. The normalized spacial score (nSPS) is 20.0. The lowest BCUT2D eigenvalue weighted by Gasteiger charge is -2.49. The summed E-state index contributed by atoms with van der Waals surface area (Å²) in [5.41, 5.74) is 11.0. The molecule has 6 N–H and O–H groups in total. The Morgan fingerprint density at radius 3 is 2.59 bits per heavy atom. The molecule has 1 aromatic rings. The van der Waals surface area contributed by atoms with Crippen molar-refractivity contribution < 1.29 is 33.6 Å². The van der Waals surface area contributed by atoms with E-state index in [1.165, 1.54) is 23.8 Å². The summed E-state index contributed by atoms with van der Waals surface area (Å²) in [6.07, 6.45) is 3.48. The zero-order valence-electron chi connectivity index (χ0n) is 20.5. The number of fused-ring (bicyclic) bond motifs is 1. The molecule has 0 aromatic carbocycles. The molecule has 0 aliphatic carbocycles. The van der Waals surface area contributed by atoms with E-state index < -0.39 is 35.1 Å². The summed E-state index contributed by atoms with van der Waals surface area (Å²) in [4.78, 5) is 59.2. The third kappa shape index (κ3) is 5.91. The van der Waals surface area contributed by atoms with E-state index in [2.05, 4.69) is 19.8 Å². The van der Waals surface area contributed by atoms with Crippen LogP contribution in [0.1, 0.15) is 19.7 Å². The topological polar surface area (TPSA) is 203 Å². The Labute approximate surface area is 221 Å². The molecule has 16 heteroatoms. The number of carboxylic acids is 1. The number of nitrogen functional groups attached to an aromatic ring is 1. The molecule has 37 heavy (non-hydrogen) atoms. The molecule has 14 nitrogen and oxygen atoms in total. The van der Waals surface area contributed by atoms with Crippen LogP contribution in [0.3, 0.4) is 0 Å². The molecule has 2 aliphatic rings. The van der Waals surface area contributed by atoms with Crippen LogP contribution in [-0.4, -0.2) is 104 Å². The molecule has 0 unspecified atom stereocenters. The Hall–Kier alpha value is -3.50. The third-order valence-electron chi connectivity index (χ3n) is 6.18. The first-order valence-corrected chi connectivity index (χ1v) is 13.1. The first-order valence-electron chi connectivity index (χ1n) is 11.3. The van der Waals surface area contributed by atoms with Crippen LogP contribution in [0, 0.1) is 0 Å². The SMILES string of the molecule is CC[N+](CC)(C/C=C/C1=C(C(=O)O)N2C(=O)[C@@H](NC(=O)/C(=N\OC)c3nsc(N)n3)[C@@H]2SC1)CC(N)=O. The standard InChI is InChI=1S/C21H28N8O6S2/c1-4-29(5-2,9-12(22)30)8-6-7-11-10-36-19-14(18(32)28(19)15(11)20(33)34)24-17(31)13(26-35-3)16-25-21(23)37-27-16/h6-7,14,19H,4-5,8-10H2,1-3H3,(H5-,22,23,24,25,27,30,31,33,34)/p+1/b7-6+,26-13-/t14-,19+/m1/s1. The van der Waals surface area contributed by atoms with Gasteiger partial charge in [-0.1, -0.05) is 11.2 Å².